The van der Waals surface area contributed by atoms with E-state index in [2.05, 4.69) is 41.8 Å². The minimum Gasteiger partial charge on any atom is -0.479 e. The number of nitrogens with zero attached hydrogens (tertiary/aromatic N) is 3. The highest BCUT2D eigenvalue weighted by Crippen LogP contribution is 2.37. The maximum absolute atomic E-state index is 13.4. The van der Waals surface area contributed by atoms with Gasteiger partial charge in [0.1, 0.15) is 10.3 Å². The Labute approximate surface area is 184 Å². The van der Waals surface area contributed by atoms with Gasteiger partial charge in [-0.05, 0) is 47.1 Å². The Bertz CT molecular complexity index is 1330. The van der Waals surface area contributed by atoms with Crippen LogP contribution in [0.2, 0.25) is 0 Å². The van der Waals surface area contributed by atoms with E-state index >= 15 is 0 Å². The van der Waals surface area contributed by atoms with Crippen LogP contribution in [0.1, 0.15) is 5.56 Å². The average molecular weight is 537 g/mol. The molecular formula is C20H15Br2N3O3S. The van der Waals surface area contributed by atoms with E-state index in [1.54, 1.807) is 42.7 Å². The smallest absolute Gasteiger partial charge is 0.268 e. The fraction of sp³-hybridized carbons (Fsp3) is 0.100. The summed E-state index contributed by atoms with van der Waals surface area (Å²) < 4.78 is 34.7. The van der Waals surface area contributed by atoms with Crippen LogP contribution in [0.4, 0.5) is 0 Å². The number of aromatic nitrogens is 3. The van der Waals surface area contributed by atoms with E-state index in [-0.39, 0.29) is 4.90 Å². The first-order valence-electron chi connectivity index (χ1n) is 8.51. The number of hydrogen-bond acceptors (Lipinski definition) is 5. The Hall–Kier alpha value is -2.23. The van der Waals surface area contributed by atoms with Crippen LogP contribution >= 0.6 is 31.9 Å². The van der Waals surface area contributed by atoms with Crippen LogP contribution in [-0.2, 0) is 10.0 Å². The third kappa shape index (κ3) is 3.58. The minimum absolute atomic E-state index is 0.209. The normalized spacial score (nSPS) is 11.7. The topological polar surface area (TPSA) is 74.1 Å². The van der Waals surface area contributed by atoms with E-state index in [9.17, 15) is 8.42 Å². The predicted octanol–water partition coefficient (Wildman–Crippen LogP) is 5.18. The van der Waals surface area contributed by atoms with Crippen LogP contribution < -0.4 is 4.74 Å². The van der Waals surface area contributed by atoms with Crippen molar-refractivity contribution in [3.05, 3.63) is 69.5 Å². The van der Waals surface area contributed by atoms with Crippen molar-refractivity contribution in [3.8, 4) is 17.1 Å². The largest absolute Gasteiger partial charge is 0.479 e. The van der Waals surface area contributed by atoms with Crippen molar-refractivity contribution in [2.45, 2.75) is 11.8 Å². The van der Waals surface area contributed by atoms with Crippen molar-refractivity contribution < 1.29 is 13.2 Å². The molecule has 0 aliphatic carbocycles. The maximum Gasteiger partial charge on any atom is 0.268 e. The third-order valence-corrected chi connectivity index (χ3v) is 7.03. The highest BCUT2D eigenvalue weighted by molar-refractivity contribution is 9.10. The molecule has 0 saturated carbocycles. The summed E-state index contributed by atoms with van der Waals surface area (Å²) in [6.45, 7) is 1.91. The van der Waals surface area contributed by atoms with Crippen molar-refractivity contribution in [1.82, 2.24) is 13.9 Å². The lowest BCUT2D eigenvalue weighted by Crippen LogP contribution is -2.11. The van der Waals surface area contributed by atoms with Crippen molar-refractivity contribution in [3.63, 3.8) is 0 Å². The molecule has 0 aliphatic heterocycles. The highest BCUT2D eigenvalue weighted by Gasteiger charge is 2.24. The molecule has 4 aromatic rings. The van der Waals surface area contributed by atoms with Gasteiger partial charge in [-0.2, -0.15) is 0 Å². The third-order valence-electron chi connectivity index (χ3n) is 4.47. The van der Waals surface area contributed by atoms with E-state index in [4.69, 9.17) is 4.74 Å². The van der Waals surface area contributed by atoms with E-state index in [0.29, 0.717) is 27.3 Å². The number of fused-ring (bicyclic) bond motifs is 1. The van der Waals surface area contributed by atoms with Crippen LogP contribution in [0, 0.1) is 6.92 Å². The first-order valence-corrected chi connectivity index (χ1v) is 11.5. The molecule has 0 spiro atoms. The van der Waals surface area contributed by atoms with Crippen LogP contribution in [0.15, 0.2) is 68.8 Å². The molecule has 0 N–H and O–H groups in total. The molecule has 9 heteroatoms. The highest BCUT2D eigenvalue weighted by atomic mass is 79.9. The van der Waals surface area contributed by atoms with Gasteiger partial charge < -0.3 is 4.74 Å². The van der Waals surface area contributed by atoms with Crippen LogP contribution in [0.3, 0.4) is 0 Å². The van der Waals surface area contributed by atoms with Gasteiger partial charge in [-0.25, -0.2) is 22.4 Å². The van der Waals surface area contributed by atoms with Crippen molar-refractivity contribution in [2.75, 3.05) is 7.11 Å². The Morgan fingerprint density at radius 3 is 2.48 bits per heavy atom. The lowest BCUT2D eigenvalue weighted by molar-refractivity contribution is 0.397. The number of aryl methyl sites for hydroxylation is 1. The molecule has 29 heavy (non-hydrogen) atoms. The summed E-state index contributed by atoms with van der Waals surface area (Å²) >= 11 is 6.72. The second kappa shape index (κ2) is 7.55. The quantitative estimate of drug-likeness (QED) is 0.359. The molecule has 4 rings (SSSR count). The van der Waals surface area contributed by atoms with Gasteiger partial charge in [0.25, 0.3) is 10.0 Å². The summed E-state index contributed by atoms with van der Waals surface area (Å²) in [6.07, 6.45) is 3.11. The zero-order chi connectivity index (χ0) is 20.8. The number of rotatable bonds is 4. The summed E-state index contributed by atoms with van der Waals surface area (Å²) in [5.41, 5.74) is 2.59. The van der Waals surface area contributed by atoms with Crippen molar-refractivity contribution >= 4 is 52.8 Å². The summed E-state index contributed by atoms with van der Waals surface area (Å²) in [4.78, 5) is 8.92. The number of methoxy groups -OCH3 is 1. The van der Waals surface area contributed by atoms with Gasteiger partial charge >= 0.3 is 0 Å². The number of ether oxygens (including phenoxy) is 1. The van der Waals surface area contributed by atoms with Gasteiger partial charge in [0, 0.05) is 21.6 Å². The van der Waals surface area contributed by atoms with E-state index in [1.165, 1.54) is 11.1 Å². The molecular weight excluding hydrogens is 522 g/mol. The molecule has 0 fully saturated rings. The first-order chi connectivity index (χ1) is 13.8. The van der Waals surface area contributed by atoms with Crippen molar-refractivity contribution in [2.24, 2.45) is 0 Å². The molecule has 6 nitrogen and oxygen atoms in total. The first kappa shape index (κ1) is 20.1. The monoisotopic (exact) mass is 535 g/mol. The second-order valence-electron chi connectivity index (χ2n) is 6.37. The average Bonchev–Trinajstić information content (AvgIpc) is 3.07. The van der Waals surface area contributed by atoms with E-state index in [0.717, 1.165) is 15.4 Å². The Morgan fingerprint density at radius 1 is 1.07 bits per heavy atom. The summed E-state index contributed by atoms with van der Waals surface area (Å²) in [5, 5.41) is 0.721. The summed E-state index contributed by atoms with van der Waals surface area (Å²) in [6, 6.07) is 12.2. The molecule has 0 amide bonds. The SMILES string of the molecule is COc1nc(Br)cnc1-c1cn(S(=O)(=O)c2ccc(C)cc2)c2cc(Br)ccc12. The zero-order valence-electron chi connectivity index (χ0n) is 15.4. The van der Waals surface area contributed by atoms with Gasteiger partial charge in [-0.1, -0.05) is 39.7 Å². The van der Waals surface area contributed by atoms with Gasteiger partial charge in [0.05, 0.1) is 23.7 Å². The lowest BCUT2D eigenvalue weighted by atomic mass is 10.1. The molecule has 0 radical (unpaired) electrons. The molecule has 0 saturated heterocycles. The minimum atomic E-state index is -3.82. The molecule has 0 atom stereocenters. The van der Waals surface area contributed by atoms with Gasteiger partial charge in [0.15, 0.2) is 0 Å². The van der Waals surface area contributed by atoms with Crippen molar-refractivity contribution in [1.29, 1.82) is 0 Å². The summed E-state index contributed by atoms with van der Waals surface area (Å²) in [5.74, 6) is 0.300. The zero-order valence-corrected chi connectivity index (χ0v) is 19.4. The number of benzene rings is 2. The molecule has 0 aliphatic rings. The second-order valence-corrected chi connectivity index (χ2v) is 9.91. The molecule has 2 aromatic heterocycles. The summed E-state index contributed by atoms with van der Waals surface area (Å²) in [7, 11) is -2.32. The number of halogens is 2. The Kier molecular flexibility index (Phi) is 5.22. The predicted molar refractivity (Wildman–Crippen MR) is 119 cm³/mol. The van der Waals surface area contributed by atoms with Gasteiger partial charge in [0.2, 0.25) is 5.88 Å². The van der Waals surface area contributed by atoms with E-state index in [1.807, 2.05) is 19.1 Å². The van der Waals surface area contributed by atoms with Crippen LogP contribution in [0.5, 0.6) is 5.88 Å². The Balaban J connectivity index is 2.02. The molecule has 148 valence electrons. The molecule has 0 bridgehead atoms. The van der Waals surface area contributed by atoms with Crippen LogP contribution in [-0.4, -0.2) is 29.5 Å². The molecule has 2 aromatic carbocycles. The maximum atomic E-state index is 13.4. The van der Waals surface area contributed by atoms with Gasteiger partial charge in [-0.15, -0.1) is 0 Å². The van der Waals surface area contributed by atoms with Crippen LogP contribution in [0.25, 0.3) is 22.2 Å². The van der Waals surface area contributed by atoms with Gasteiger partial charge in [-0.3, -0.25) is 0 Å². The Morgan fingerprint density at radius 2 is 1.79 bits per heavy atom. The molecule has 0 unspecified atom stereocenters. The lowest BCUT2D eigenvalue weighted by Gasteiger charge is -2.08. The fourth-order valence-electron chi connectivity index (χ4n) is 3.06. The standard InChI is InChI=1S/C20H15Br2N3O3S/c1-12-3-6-14(7-4-12)29(26,27)25-11-16(15-8-5-13(21)9-17(15)25)19-20(28-2)24-18(22)10-23-19/h3-11H,1-2H3. The molecule has 2 heterocycles. The fourth-order valence-corrected chi connectivity index (χ4v) is 5.04. The number of hydrogen-bond donors (Lipinski definition) is 0. The van der Waals surface area contributed by atoms with E-state index < -0.39 is 10.0 Å².